The minimum atomic E-state index is -0.107. The number of hydrogen-bond donors (Lipinski definition) is 1. The van der Waals surface area contributed by atoms with Crippen LogP contribution in [-0.2, 0) is 0 Å². The second kappa shape index (κ2) is 5.68. The van der Waals surface area contributed by atoms with Crippen LogP contribution in [0.4, 0.5) is 5.95 Å². The van der Waals surface area contributed by atoms with Crippen molar-refractivity contribution in [3.63, 3.8) is 0 Å². The molecule has 1 N–H and O–H groups in total. The molecule has 0 aliphatic carbocycles. The number of halogens is 2. The van der Waals surface area contributed by atoms with Gasteiger partial charge in [0.2, 0.25) is 5.95 Å². The van der Waals surface area contributed by atoms with Gasteiger partial charge >= 0.3 is 0 Å². The Labute approximate surface area is 142 Å². The maximum Gasteiger partial charge on any atom is 0.248 e. The van der Waals surface area contributed by atoms with Gasteiger partial charge in [-0.05, 0) is 51.9 Å². The molecular weight excluding hydrogens is 333 g/mol. The molecule has 2 aromatic carbocycles. The molecule has 0 fully saturated rings. The SMILES string of the molecule is Clc1ccc(C2=C[C@@H](c3ccc(Cl)cc3)n3nnnc3N2)cc1. The third kappa shape index (κ3) is 2.69. The van der Waals surface area contributed by atoms with Gasteiger partial charge in [0.1, 0.15) is 6.04 Å². The molecule has 23 heavy (non-hydrogen) atoms. The highest BCUT2D eigenvalue weighted by molar-refractivity contribution is 6.30. The van der Waals surface area contributed by atoms with Crippen LogP contribution in [0.15, 0.2) is 54.6 Å². The Morgan fingerprint density at radius 3 is 2.26 bits per heavy atom. The third-order valence-corrected chi connectivity index (χ3v) is 4.20. The summed E-state index contributed by atoms with van der Waals surface area (Å²) in [5.74, 6) is 0.595. The highest BCUT2D eigenvalue weighted by Gasteiger charge is 2.24. The van der Waals surface area contributed by atoms with Crippen molar-refractivity contribution >= 4 is 34.8 Å². The monoisotopic (exact) mass is 343 g/mol. The maximum absolute atomic E-state index is 5.98. The van der Waals surface area contributed by atoms with Crippen LogP contribution in [0.5, 0.6) is 0 Å². The number of nitrogens with zero attached hydrogens (tertiary/aromatic N) is 4. The molecule has 0 amide bonds. The van der Waals surface area contributed by atoms with Gasteiger partial charge in [0.25, 0.3) is 0 Å². The van der Waals surface area contributed by atoms with Gasteiger partial charge in [-0.2, -0.15) is 4.68 Å². The van der Waals surface area contributed by atoms with E-state index in [1.165, 1.54) is 0 Å². The maximum atomic E-state index is 5.98. The summed E-state index contributed by atoms with van der Waals surface area (Å²) in [7, 11) is 0. The lowest BCUT2D eigenvalue weighted by Crippen LogP contribution is -2.20. The lowest BCUT2D eigenvalue weighted by atomic mass is 10.0. The van der Waals surface area contributed by atoms with Gasteiger partial charge in [0.05, 0.1) is 0 Å². The van der Waals surface area contributed by atoms with Gasteiger partial charge in [-0.1, -0.05) is 52.6 Å². The van der Waals surface area contributed by atoms with Crippen LogP contribution in [0.1, 0.15) is 17.2 Å². The minimum absolute atomic E-state index is 0.107. The van der Waals surface area contributed by atoms with Crippen LogP contribution in [0, 0.1) is 0 Å². The molecule has 3 aromatic rings. The second-order valence-electron chi connectivity index (χ2n) is 5.16. The fourth-order valence-corrected chi connectivity index (χ4v) is 2.80. The Balaban J connectivity index is 1.79. The molecule has 0 saturated heterocycles. The molecule has 0 bridgehead atoms. The Morgan fingerprint density at radius 1 is 0.913 bits per heavy atom. The molecular formula is C16H11Cl2N5. The Morgan fingerprint density at radius 2 is 1.57 bits per heavy atom. The zero-order valence-electron chi connectivity index (χ0n) is 11.8. The zero-order chi connectivity index (χ0) is 15.8. The van der Waals surface area contributed by atoms with Crippen LogP contribution in [-0.4, -0.2) is 20.2 Å². The summed E-state index contributed by atoms with van der Waals surface area (Å²) >= 11 is 11.9. The number of tetrazole rings is 1. The molecule has 0 saturated carbocycles. The molecule has 1 atom stereocenters. The second-order valence-corrected chi connectivity index (χ2v) is 6.03. The molecule has 1 aromatic heterocycles. The van der Waals surface area contributed by atoms with Crippen LogP contribution in [0.3, 0.4) is 0 Å². The van der Waals surface area contributed by atoms with Crippen molar-refractivity contribution in [2.45, 2.75) is 6.04 Å². The van der Waals surface area contributed by atoms with Crippen LogP contribution in [0.2, 0.25) is 10.0 Å². The van der Waals surface area contributed by atoms with E-state index in [-0.39, 0.29) is 6.04 Å². The van der Waals surface area contributed by atoms with Crippen molar-refractivity contribution < 1.29 is 0 Å². The van der Waals surface area contributed by atoms with Gasteiger partial charge in [-0.15, -0.1) is 0 Å². The Kier molecular flexibility index (Phi) is 3.52. The van der Waals surface area contributed by atoms with E-state index in [1.54, 1.807) is 4.68 Å². The normalized spacial score (nSPS) is 16.4. The summed E-state index contributed by atoms with van der Waals surface area (Å²) in [4.78, 5) is 0. The summed E-state index contributed by atoms with van der Waals surface area (Å²) in [6.45, 7) is 0. The quantitative estimate of drug-likeness (QED) is 0.762. The number of anilines is 1. The molecule has 0 unspecified atom stereocenters. The molecule has 2 heterocycles. The van der Waals surface area contributed by atoms with Crippen molar-refractivity contribution in [2.75, 3.05) is 5.32 Å². The van der Waals surface area contributed by atoms with E-state index in [0.717, 1.165) is 16.8 Å². The first-order valence-corrected chi connectivity index (χ1v) is 7.74. The first-order valence-electron chi connectivity index (χ1n) is 6.99. The van der Waals surface area contributed by atoms with Crippen LogP contribution < -0.4 is 5.32 Å². The third-order valence-electron chi connectivity index (χ3n) is 3.69. The Hall–Kier alpha value is -2.37. The topological polar surface area (TPSA) is 55.6 Å². The van der Waals surface area contributed by atoms with Gasteiger partial charge in [-0.25, -0.2) is 0 Å². The summed E-state index contributed by atoms with van der Waals surface area (Å²) in [6, 6.07) is 15.2. The minimum Gasteiger partial charge on any atom is -0.323 e. The molecule has 1 aliphatic heterocycles. The number of fused-ring (bicyclic) bond motifs is 1. The van der Waals surface area contributed by atoms with E-state index in [0.29, 0.717) is 16.0 Å². The molecule has 0 radical (unpaired) electrons. The van der Waals surface area contributed by atoms with E-state index >= 15 is 0 Å². The lowest BCUT2D eigenvalue weighted by Gasteiger charge is -2.23. The first kappa shape index (κ1) is 14.2. The van der Waals surface area contributed by atoms with E-state index in [2.05, 4.69) is 26.9 Å². The molecule has 4 rings (SSSR count). The summed E-state index contributed by atoms with van der Waals surface area (Å²) in [5.41, 5.74) is 3.00. The predicted molar refractivity (Wildman–Crippen MR) is 90.5 cm³/mol. The van der Waals surface area contributed by atoms with Crippen LogP contribution >= 0.6 is 23.2 Å². The van der Waals surface area contributed by atoms with Crippen molar-refractivity contribution in [2.24, 2.45) is 0 Å². The summed E-state index contributed by atoms with van der Waals surface area (Å²) in [6.07, 6.45) is 2.08. The highest BCUT2D eigenvalue weighted by atomic mass is 35.5. The van der Waals surface area contributed by atoms with Crippen molar-refractivity contribution in [3.05, 3.63) is 75.8 Å². The fraction of sp³-hybridized carbons (Fsp3) is 0.0625. The van der Waals surface area contributed by atoms with Gasteiger partial charge in [0.15, 0.2) is 0 Å². The number of aromatic nitrogens is 4. The molecule has 5 nitrogen and oxygen atoms in total. The van der Waals surface area contributed by atoms with Crippen molar-refractivity contribution in [3.8, 4) is 0 Å². The molecule has 1 aliphatic rings. The fourth-order valence-electron chi connectivity index (χ4n) is 2.55. The summed E-state index contributed by atoms with van der Waals surface area (Å²) in [5, 5.41) is 16.5. The Bertz CT molecular complexity index is 868. The smallest absolute Gasteiger partial charge is 0.248 e. The lowest BCUT2D eigenvalue weighted by molar-refractivity contribution is 0.586. The number of benzene rings is 2. The van der Waals surface area contributed by atoms with E-state index in [9.17, 15) is 0 Å². The number of allylic oxidation sites excluding steroid dienone is 1. The zero-order valence-corrected chi connectivity index (χ0v) is 13.3. The van der Waals surface area contributed by atoms with E-state index < -0.39 is 0 Å². The van der Waals surface area contributed by atoms with Crippen molar-refractivity contribution in [1.82, 2.24) is 20.2 Å². The standard InChI is InChI=1S/C16H11Cl2N5/c17-12-5-1-10(2-6-12)14-9-15(11-3-7-13(18)8-4-11)23-16(19-14)20-21-22-23/h1-9,15H,(H,19,20,22)/t15-/m0/s1. The van der Waals surface area contributed by atoms with Crippen molar-refractivity contribution in [1.29, 1.82) is 0 Å². The van der Waals surface area contributed by atoms with E-state index in [4.69, 9.17) is 23.2 Å². The number of hydrogen-bond acceptors (Lipinski definition) is 4. The number of rotatable bonds is 2. The van der Waals surface area contributed by atoms with E-state index in [1.807, 2.05) is 48.5 Å². The average molecular weight is 344 g/mol. The predicted octanol–water partition coefficient (Wildman–Crippen LogP) is 4.04. The summed E-state index contributed by atoms with van der Waals surface area (Å²) < 4.78 is 1.74. The largest absolute Gasteiger partial charge is 0.323 e. The number of nitrogens with one attached hydrogen (secondary N) is 1. The van der Waals surface area contributed by atoms with Gasteiger partial charge in [-0.3, -0.25) is 0 Å². The van der Waals surface area contributed by atoms with Gasteiger partial charge in [0, 0.05) is 15.7 Å². The first-order chi connectivity index (χ1) is 11.2. The molecule has 7 heteroatoms. The van der Waals surface area contributed by atoms with Gasteiger partial charge < -0.3 is 5.32 Å². The molecule has 114 valence electrons. The average Bonchev–Trinajstić information content (AvgIpc) is 3.04. The molecule has 0 spiro atoms. The van der Waals surface area contributed by atoms with Crippen LogP contribution in [0.25, 0.3) is 5.70 Å². The highest BCUT2D eigenvalue weighted by Crippen LogP contribution is 2.32.